The molecule has 0 aliphatic heterocycles. The van der Waals surface area contributed by atoms with Crippen LogP contribution in [0.1, 0.15) is 65.7 Å². The maximum absolute atomic E-state index is 2.33. The zero-order valence-corrected chi connectivity index (χ0v) is 11.4. The van der Waals surface area contributed by atoms with Crippen molar-refractivity contribution in [1.82, 2.24) is 0 Å². The Bertz CT molecular complexity index is 93.2. The van der Waals surface area contributed by atoms with Gasteiger partial charge < -0.3 is 0 Å². The zero-order chi connectivity index (χ0) is 9.45. The molecule has 0 radical (unpaired) electrons. The van der Waals surface area contributed by atoms with Crippen molar-refractivity contribution in [1.29, 1.82) is 0 Å². The lowest BCUT2D eigenvalue weighted by Crippen LogP contribution is -2.12. The molecule has 0 N–H and O–H groups in total. The third-order valence-electron chi connectivity index (χ3n) is 2.84. The van der Waals surface area contributed by atoms with Crippen LogP contribution in [0, 0.1) is 0 Å². The first-order valence-electron chi connectivity index (χ1n) is 5.68. The van der Waals surface area contributed by atoms with Gasteiger partial charge in [0.1, 0.15) is 0 Å². The predicted molar refractivity (Wildman–Crippen MR) is 62.0 cm³/mol. The van der Waals surface area contributed by atoms with Crippen LogP contribution in [-0.2, 0) is 0 Å². The maximum atomic E-state index is 2.33. The van der Waals surface area contributed by atoms with Crippen molar-refractivity contribution >= 4 is 10.2 Å². The van der Waals surface area contributed by atoms with Crippen molar-refractivity contribution in [2.75, 3.05) is 0 Å². The molecule has 0 nitrogen and oxygen atoms in total. The third-order valence-corrected chi connectivity index (χ3v) is 4.34. The Balaban J connectivity index is 3.80. The maximum Gasteiger partial charge on any atom is 0.0106 e. The van der Waals surface area contributed by atoms with Crippen LogP contribution in [0.25, 0.3) is 0 Å². The normalized spacial score (nSPS) is 12.2. The number of hydrogen-bond acceptors (Lipinski definition) is 0. The molecular formula is C11H26Si. The molecule has 0 unspecified atom stereocenters. The van der Waals surface area contributed by atoms with Crippen LogP contribution in [0.3, 0.4) is 0 Å². The summed E-state index contributed by atoms with van der Waals surface area (Å²) in [6, 6.07) is 0. The lowest BCUT2D eigenvalue weighted by molar-refractivity contribution is 0.421. The van der Waals surface area contributed by atoms with Gasteiger partial charge in [0.05, 0.1) is 0 Å². The number of rotatable bonds is 7. The second-order valence-corrected chi connectivity index (χ2v) is 6.54. The largest absolute Gasteiger partial charge is 0.0654 e. The summed E-state index contributed by atoms with van der Waals surface area (Å²) in [4.78, 5) is 0. The van der Waals surface area contributed by atoms with Crippen LogP contribution < -0.4 is 0 Å². The van der Waals surface area contributed by atoms with Crippen LogP contribution in [0.2, 0.25) is 5.04 Å². The van der Waals surface area contributed by atoms with Crippen molar-refractivity contribution < 1.29 is 0 Å². The summed E-state index contributed by atoms with van der Waals surface area (Å²) >= 11 is 0. The van der Waals surface area contributed by atoms with Crippen LogP contribution >= 0.6 is 0 Å². The minimum atomic E-state index is 0.791. The number of unbranched alkanes of at least 4 members (excludes halogenated alkanes) is 1. The summed E-state index contributed by atoms with van der Waals surface area (Å²) in [6.45, 7) is 6.96. The number of hydrogen-bond donors (Lipinski definition) is 0. The molecular weight excluding hydrogens is 160 g/mol. The van der Waals surface area contributed by atoms with Gasteiger partial charge in [-0.1, -0.05) is 65.7 Å². The molecule has 0 bridgehead atoms. The smallest absolute Gasteiger partial charge is 0.0106 e. The first kappa shape index (κ1) is 12.2. The summed E-state index contributed by atoms with van der Waals surface area (Å²) in [6.07, 6.45) is 10.0. The zero-order valence-electron chi connectivity index (χ0n) is 9.45. The molecule has 0 fully saturated rings. The first-order chi connectivity index (χ1) is 5.68. The lowest BCUT2D eigenvalue weighted by atomic mass is 9.91. The van der Waals surface area contributed by atoms with E-state index in [0.29, 0.717) is 0 Å². The fourth-order valence-electron chi connectivity index (χ4n) is 2.19. The topological polar surface area (TPSA) is 0 Å². The van der Waals surface area contributed by atoms with E-state index in [1.165, 1.54) is 55.2 Å². The average Bonchev–Trinajstić information content (AvgIpc) is 2.02. The van der Waals surface area contributed by atoms with Crippen LogP contribution in [0.15, 0.2) is 0 Å². The van der Waals surface area contributed by atoms with Crippen LogP contribution in [0.4, 0.5) is 0 Å². The van der Waals surface area contributed by atoms with Gasteiger partial charge in [-0.3, -0.25) is 0 Å². The molecule has 0 aromatic rings. The van der Waals surface area contributed by atoms with Crippen molar-refractivity contribution in [2.45, 2.75) is 70.8 Å². The van der Waals surface area contributed by atoms with Gasteiger partial charge in [-0.25, -0.2) is 0 Å². The van der Waals surface area contributed by atoms with E-state index >= 15 is 0 Å². The minimum Gasteiger partial charge on any atom is -0.0654 e. The van der Waals surface area contributed by atoms with E-state index < -0.39 is 0 Å². The van der Waals surface area contributed by atoms with Crippen molar-refractivity contribution in [3.63, 3.8) is 0 Å². The van der Waals surface area contributed by atoms with Crippen molar-refractivity contribution in [3.8, 4) is 0 Å². The van der Waals surface area contributed by atoms with E-state index in [0.717, 1.165) is 5.04 Å². The molecule has 0 heterocycles. The van der Waals surface area contributed by atoms with Gasteiger partial charge in [0.2, 0.25) is 0 Å². The lowest BCUT2D eigenvalue weighted by Gasteiger charge is -2.28. The van der Waals surface area contributed by atoms with Crippen LogP contribution in [0.5, 0.6) is 0 Å². The molecule has 0 amide bonds. The molecule has 0 aliphatic carbocycles. The molecule has 0 rings (SSSR count). The Hall–Kier alpha value is 0.217. The predicted octanol–water partition coefficient (Wildman–Crippen LogP) is 3.30. The highest BCUT2D eigenvalue weighted by Gasteiger charge is 2.20. The van der Waals surface area contributed by atoms with Gasteiger partial charge in [-0.2, -0.15) is 0 Å². The van der Waals surface area contributed by atoms with E-state index in [4.69, 9.17) is 0 Å². The molecule has 0 aromatic heterocycles. The summed E-state index contributed by atoms with van der Waals surface area (Å²) in [7, 11) is 1.40. The average molecular weight is 186 g/mol. The highest BCUT2D eigenvalue weighted by atomic mass is 28.1. The second-order valence-electron chi connectivity index (χ2n) is 4.41. The fourth-order valence-corrected chi connectivity index (χ4v) is 3.54. The first-order valence-corrected chi connectivity index (χ1v) is 6.68. The Morgan fingerprint density at radius 2 is 1.33 bits per heavy atom. The molecule has 0 spiro atoms. The van der Waals surface area contributed by atoms with Crippen LogP contribution in [-0.4, -0.2) is 10.2 Å². The van der Waals surface area contributed by atoms with Gasteiger partial charge >= 0.3 is 0 Å². The van der Waals surface area contributed by atoms with Crippen molar-refractivity contribution in [3.05, 3.63) is 0 Å². The summed E-state index contributed by atoms with van der Waals surface area (Å²) < 4.78 is 0. The van der Waals surface area contributed by atoms with Gasteiger partial charge in [-0.15, -0.1) is 0 Å². The molecule has 0 saturated heterocycles. The third kappa shape index (κ3) is 4.97. The van der Waals surface area contributed by atoms with Gasteiger partial charge in [0, 0.05) is 10.2 Å². The van der Waals surface area contributed by atoms with E-state index in [1.54, 1.807) is 0 Å². The Morgan fingerprint density at radius 3 is 1.67 bits per heavy atom. The van der Waals surface area contributed by atoms with E-state index in [2.05, 4.69) is 20.8 Å². The van der Waals surface area contributed by atoms with Gasteiger partial charge in [0.15, 0.2) is 0 Å². The quantitative estimate of drug-likeness (QED) is 0.535. The summed E-state index contributed by atoms with van der Waals surface area (Å²) in [5, 5.41) is 0.791. The molecule has 1 heteroatoms. The van der Waals surface area contributed by atoms with Gasteiger partial charge in [-0.05, 0) is 5.04 Å². The SMILES string of the molecule is CCCCC([SiH3])(CCC)CCC. The van der Waals surface area contributed by atoms with E-state index in [1.807, 2.05) is 0 Å². The summed E-state index contributed by atoms with van der Waals surface area (Å²) in [5.41, 5.74) is 0. The Kier molecular flexibility index (Phi) is 6.82. The minimum absolute atomic E-state index is 0.791. The van der Waals surface area contributed by atoms with Gasteiger partial charge in [0.25, 0.3) is 0 Å². The summed E-state index contributed by atoms with van der Waals surface area (Å²) in [5.74, 6) is 0. The fraction of sp³-hybridized carbons (Fsp3) is 1.00. The monoisotopic (exact) mass is 186 g/mol. The molecule has 0 saturated carbocycles. The molecule has 74 valence electrons. The molecule has 0 aliphatic rings. The molecule has 0 atom stereocenters. The molecule has 12 heavy (non-hydrogen) atoms. The highest BCUT2D eigenvalue weighted by Crippen LogP contribution is 2.39. The van der Waals surface area contributed by atoms with Crippen molar-refractivity contribution in [2.24, 2.45) is 0 Å². The standard InChI is InChI=1S/C11H26Si/c1-4-7-10-11(12,8-5-2)9-6-3/h4-10H2,1-3,12H3. The second kappa shape index (κ2) is 6.70. The Labute approximate surface area is 81.6 Å². The highest BCUT2D eigenvalue weighted by molar-refractivity contribution is 6.15. The molecule has 0 aromatic carbocycles. The van der Waals surface area contributed by atoms with E-state index in [9.17, 15) is 0 Å². The van der Waals surface area contributed by atoms with E-state index in [-0.39, 0.29) is 0 Å². The Morgan fingerprint density at radius 1 is 0.833 bits per heavy atom.